The van der Waals surface area contributed by atoms with Crippen molar-refractivity contribution < 1.29 is 0 Å². The van der Waals surface area contributed by atoms with Crippen molar-refractivity contribution in [1.82, 2.24) is 19.5 Å². The zero-order valence-electron chi connectivity index (χ0n) is 17.3. The molecule has 1 N–H and O–H groups in total. The molecule has 1 aliphatic heterocycles. The Bertz CT molecular complexity index is 1220. The highest BCUT2D eigenvalue weighted by molar-refractivity contribution is 5.68. The maximum Gasteiger partial charge on any atom is 0.167 e. The van der Waals surface area contributed by atoms with E-state index in [9.17, 15) is 5.26 Å². The van der Waals surface area contributed by atoms with Gasteiger partial charge in [-0.15, -0.1) is 10.2 Å². The van der Waals surface area contributed by atoms with Gasteiger partial charge in [0.25, 0.3) is 0 Å². The minimum Gasteiger partial charge on any atom is -0.370 e. The minimum absolute atomic E-state index is 0.717. The Morgan fingerprint density at radius 2 is 1.71 bits per heavy atom. The van der Waals surface area contributed by atoms with Gasteiger partial charge in [-0.3, -0.25) is 9.30 Å². The molecule has 0 atom stereocenters. The maximum atomic E-state index is 10.0. The Morgan fingerprint density at radius 1 is 0.968 bits per heavy atom. The lowest BCUT2D eigenvalue weighted by molar-refractivity contribution is 0.246. The fourth-order valence-corrected chi connectivity index (χ4v) is 4.41. The molecular weight excluding hydrogens is 384 g/mol. The van der Waals surface area contributed by atoms with Gasteiger partial charge in [-0.2, -0.15) is 5.26 Å². The Hall–Kier alpha value is -3.69. The quantitative estimate of drug-likeness (QED) is 0.525. The van der Waals surface area contributed by atoms with E-state index in [-0.39, 0.29) is 0 Å². The normalized spacial score (nSPS) is 13.6. The predicted octanol–water partition coefficient (Wildman–Crippen LogP) is 3.81. The zero-order valence-corrected chi connectivity index (χ0v) is 17.3. The number of aromatic nitrogens is 3. The number of rotatable bonds is 6. The number of nitriles is 1. The molecule has 0 fully saturated rings. The summed E-state index contributed by atoms with van der Waals surface area (Å²) < 4.78 is 1.94. The van der Waals surface area contributed by atoms with Crippen LogP contribution in [0.5, 0.6) is 0 Å². The topological polar surface area (TPSA) is 69.2 Å². The van der Waals surface area contributed by atoms with Crippen molar-refractivity contribution in [2.24, 2.45) is 0 Å². The number of hydrogen-bond donors (Lipinski definition) is 1. The molecule has 2 aromatic carbocycles. The summed E-state index contributed by atoms with van der Waals surface area (Å²) in [6.07, 6.45) is 3.43. The molecule has 0 saturated carbocycles. The highest BCUT2D eigenvalue weighted by atomic mass is 15.3. The van der Waals surface area contributed by atoms with Gasteiger partial charge in [0.2, 0.25) is 0 Å². The largest absolute Gasteiger partial charge is 0.370 e. The van der Waals surface area contributed by atoms with Crippen molar-refractivity contribution in [2.45, 2.75) is 25.9 Å². The van der Waals surface area contributed by atoms with Gasteiger partial charge in [0.05, 0.1) is 5.56 Å². The maximum absolute atomic E-state index is 10.0. The number of pyridine rings is 1. The lowest BCUT2D eigenvalue weighted by atomic mass is 9.95. The summed E-state index contributed by atoms with van der Waals surface area (Å²) >= 11 is 0. The van der Waals surface area contributed by atoms with Crippen molar-refractivity contribution >= 4 is 11.5 Å². The second-order valence-corrected chi connectivity index (χ2v) is 7.93. The molecule has 0 bridgehead atoms. The van der Waals surface area contributed by atoms with E-state index in [2.05, 4.69) is 62.9 Å². The average Bonchev–Trinajstić information content (AvgIpc) is 3.31. The molecule has 0 unspecified atom stereocenters. The Balaban J connectivity index is 1.43. The Morgan fingerprint density at radius 3 is 2.45 bits per heavy atom. The van der Waals surface area contributed by atoms with Crippen molar-refractivity contribution in [1.29, 1.82) is 5.26 Å². The van der Waals surface area contributed by atoms with Gasteiger partial charge < -0.3 is 5.32 Å². The van der Waals surface area contributed by atoms with E-state index in [4.69, 9.17) is 0 Å². The van der Waals surface area contributed by atoms with Crippen LogP contribution in [-0.4, -0.2) is 32.6 Å². The van der Waals surface area contributed by atoms with Gasteiger partial charge in [-0.1, -0.05) is 60.7 Å². The standard InChI is InChI=1S/C25H24N6/c26-15-22-21-12-14-30(16-20-9-5-2-6-10-20)17-23(21)25-29-28-18-31(25)24(22)27-13-11-19-7-3-1-4-8-19/h1-10,18,27H,11-14,16-17H2. The summed E-state index contributed by atoms with van der Waals surface area (Å²) in [5, 5.41) is 22.1. The van der Waals surface area contributed by atoms with Crippen LogP contribution < -0.4 is 5.32 Å². The number of nitrogens with one attached hydrogen (secondary N) is 1. The van der Waals surface area contributed by atoms with E-state index in [1.165, 1.54) is 11.1 Å². The third-order valence-electron chi connectivity index (χ3n) is 5.93. The molecule has 0 aliphatic carbocycles. The predicted molar refractivity (Wildman–Crippen MR) is 121 cm³/mol. The lowest BCUT2D eigenvalue weighted by Crippen LogP contribution is -2.31. The first-order chi connectivity index (χ1) is 15.3. The molecule has 0 radical (unpaired) electrons. The Kier molecular flexibility index (Phi) is 5.34. The van der Waals surface area contributed by atoms with Crippen LogP contribution in [0.1, 0.15) is 27.8 Å². The molecule has 0 spiro atoms. The SMILES string of the molecule is N#Cc1c2c(c3nncn3c1NCCc1ccccc1)CN(Cc1ccccc1)CC2. The summed E-state index contributed by atoms with van der Waals surface area (Å²) in [6, 6.07) is 23.3. The number of anilines is 1. The molecule has 6 heteroatoms. The first-order valence-corrected chi connectivity index (χ1v) is 10.6. The van der Waals surface area contributed by atoms with Crippen LogP contribution >= 0.6 is 0 Å². The van der Waals surface area contributed by atoms with E-state index in [1.54, 1.807) is 6.33 Å². The highest BCUT2D eigenvalue weighted by Crippen LogP contribution is 2.31. The molecule has 2 aromatic heterocycles. The monoisotopic (exact) mass is 408 g/mol. The fraction of sp³-hybridized carbons (Fsp3) is 0.240. The zero-order chi connectivity index (χ0) is 21.0. The van der Waals surface area contributed by atoms with Crippen molar-refractivity contribution in [2.75, 3.05) is 18.4 Å². The summed E-state index contributed by atoms with van der Waals surface area (Å²) in [4.78, 5) is 2.41. The molecule has 0 saturated heterocycles. The molecule has 1 aliphatic rings. The van der Waals surface area contributed by atoms with Crippen LogP contribution in [0, 0.1) is 11.3 Å². The first kappa shape index (κ1) is 19.3. The molecule has 5 rings (SSSR count). The van der Waals surface area contributed by atoms with E-state index in [0.29, 0.717) is 0 Å². The number of nitrogens with zero attached hydrogens (tertiary/aromatic N) is 5. The van der Waals surface area contributed by atoms with Crippen LogP contribution in [0.3, 0.4) is 0 Å². The smallest absolute Gasteiger partial charge is 0.167 e. The summed E-state index contributed by atoms with van der Waals surface area (Å²) in [5.74, 6) is 0.800. The third-order valence-corrected chi connectivity index (χ3v) is 5.93. The van der Waals surface area contributed by atoms with E-state index < -0.39 is 0 Å². The van der Waals surface area contributed by atoms with Gasteiger partial charge in [0.15, 0.2) is 5.65 Å². The molecule has 4 aromatic rings. The van der Waals surface area contributed by atoms with Crippen LogP contribution in [0.4, 0.5) is 5.82 Å². The first-order valence-electron chi connectivity index (χ1n) is 10.6. The molecule has 0 amide bonds. The summed E-state index contributed by atoms with van der Waals surface area (Å²) in [5.41, 5.74) is 6.34. The fourth-order valence-electron chi connectivity index (χ4n) is 4.41. The molecule has 154 valence electrons. The summed E-state index contributed by atoms with van der Waals surface area (Å²) in [6.45, 7) is 3.32. The van der Waals surface area contributed by atoms with Crippen LogP contribution in [0.2, 0.25) is 0 Å². The average molecular weight is 409 g/mol. The lowest BCUT2D eigenvalue weighted by Gasteiger charge is -2.30. The van der Waals surface area contributed by atoms with E-state index in [0.717, 1.165) is 67.2 Å². The van der Waals surface area contributed by atoms with E-state index in [1.807, 2.05) is 28.7 Å². The number of hydrogen-bond acceptors (Lipinski definition) is 5. The molecule has 6 nitrogen and oxygen atoms in total. The third kappa shape index (κ3) is 3.88. The molecular formula is C25H24N6. The van der Waals surface area contributed by atoms with Crippen LogP contribution in [-0.2, 0) is 25.9 Å². The van der Waals surface area contributed by atoms with Gasteiger partial charge >= 0.3 is 0 Å². The molecule has 3 heterocycles. The second-order valence-electron chi connectivity index (χ2n) is 7.93. The van der Waals surface area contributed by atoms with Crippen molar-refractivity contribution in [3.8, 4) is 6.07 Å². The number of benzene rings is 2. The van der Waals surface area contributed by atoms with Crippen LogP contribution in [0.25, 0.3) is 5.65 Å². The summed E-state index contributed by atoms with van der Waals surface area (Å²) in [7, 11) is 0. The van der Waals surface area contributed by atoms with Gasteiger partial charge in [-0.25, -0.2) is 0 Å². The van der Waals surface area contributed by atoms with Gasteiger partial charge in [-0.05, 0) is 29.5 Å². The van der Waals surface area contributed by atoms with Crippen molar-refractivity contribution in [3.05, 3.63) is 94.8 Å². The van der Waals surface area contributed by atoms with Crippen molar-refractivity contribution in [3.63, 3.8) is 0 Å². The van der Waals surface area contributed by atoms with Gasteiger partial charge in [0, 0.05) is 31.7 Å². The minimum atomic E-state index is 0.717. The van der Waals surface area contributed by atoms with Gasteiger partial charge in [0.1, 0.15) is 18.2 Å². The number of fused-ring (bicyclic) bond motifs is 3. The highest BCUT2D eigenvalue weighted by Gasteiger charge is 2.26. The van der Waals surface area contributed by atoms with E-state index >= 15 is 0 Å². The van der Waals surface area contributed by atoms with Crippen LogP contribution in [0.15, 0.2) is 67.0 Å². The second kappa shape index (κ2) is 8.58. The Labute approximate surface area is 181 Å². The molecule has 31 heavy (non-hydrogen) atoms.